The van der Waals surface area contributed by atoms with E-state index in [9.17, 15) is 4.79 Å². The number of anilines is 1. The quantitative estimate of drug-likeness (QED) is 0.723. The summed E-state index contributed by atoms with van der Waals surface area (Å²) in [6.45, 7) is 0.589. The molecule has 3 aromatic rings. The van der Waals surface area contributed by atoms with E-state index in [0.717, 1.165) is 18.4 Å². The van der Waals surface area contributed by atoms with Crippen molar-refractivity contribution in [2.75, 3.05) is 19.0 Å². The molecule has 146 valence electrons. The first-order valence-electron chi connectivity index (χ1n) is 9.23. The Morgan fingerprint density at radius 1 is 1.28 bits per heavy atom. The molecule has 8 heteroatoms. The number of urea groups is 1. The number of hydrogen-bond donors (Lipinski definition) is 1. The first-order valence-corrected chi connectivity index (χ1v) is 9.23. The highest BCUT2D eigenvalue weighted by Gasteiger charge is 2.34. The molecule has 0 spiro atoms. The zero-order chi connectivity index (χ0) is 20.2. The molecule has 1 fully saturated rings. The highest BCUT2D eigenvalue weighted by Crippen LogP contribution is 2.33. The predicted octanol–water partition coefficient (Wildman–Crippen LogP) is 3.99. The van der Waals surface area contributed by atoms with Crippen LogP contribution in [0.15, 0.2) is 52.9 Å². The van der Waals surface area contributed by atoms with Gasteiger partial charge >= 0.3 is 6.03 Å². The van der Waals surface area contributed by atoms with Gasteiger partial charge in [-0.1, -0.05) is 12.1 Å². The van der Waals surface area contributed by atoms with Crippen molar-refractivity contribution in [2.45, 2.75) is 18.9 Å². The van der Waals surface area contributed by atoms with Crippen molar-refractivity contribution < 1.29 is 13.9 Å². The maximum absolute atomic E-state index is 12.8. The molecule has 2 amide bonds. The van der Waals surface area contributed by atoms with Crippen LogP contribution in [-0.2, 0) is 0 Å². The molecule has 2 aromatic carbocycles. The molecule has 1 saturated heterocycles. The van der Waals surface area contributed by atoms with E-state index in [1.165, 1.54) is 0 Å². The molecule has 1 unspecified atom stereocenters. The van der Waals surface area contributed by atoms with Gasteiger partial charge in [0.05, 0.1) is 18.7 Å². The zero-order valence-corrected chi connectivity index (χ0v) is 15.8. The van der Waals surface area contributed by atoms with Crippen molar-refractivity contribution in [1.29, 1.82) is 5.26 Å². The van der Waals surface area contributed by atoms with Gasteiger partial charge in [-0.15, -0.1) is 10.2 Å². The number of carbonyl (C=O) groups is 1. The summed E-state index contributed by atoms with van der Waals surface area (Å²) in [4.78, 5) is 14.5. The van der Waals surface area contributed by atoms with Gasteiger partial charge in [-0.25, -0.2) is 4.79 Å². The topological polar surface area (TPSA) is 104 Å². The Hall–Kier alpha value is -3.86. The van der Waals surface area contributed by atoms with Gasteiger partial charge in [0, 0.05) is 17.8 Å². The fraction of sp³-hybridized carbons (Fsp3) is 0.238. The van der Waals surface area contributed by atoms with Crippen LogP contribution >= 0.6 is 0 Å². The van der Waals surface area contributed by atoms with E-state index in [0.29, 0.717) is 35.3 Å². The summed E-state index contributed by atoms with van der Waals surface area (Å²) in [6, 6.07) is 15.7. The maximum atomic E-state index is 12.8. The van der Waals surface area contributed by atoms with Crippen LogP contribution in [0.1, 0.15) is 30.3 Å². The third-order valence-electron chi connectivity index (χ3n) is 4.80. The van der Waals surface area contributed by atoms with Crippen molar-refractivity contribution in [2.24, 2.45) is 0 Å². The lowest BCUT2D eigenvalue weighted by atomic mass is 10.2. The Morgan fingerprint density at radius 3 is 2.97 bits per heavy atom. The number of nitrogens with one attached hydrogen (secondary N) is 1. The smallest absolute Gasteiger partial charge is 0.322 e. The Bertz CT molecular complexity index is 1070. The number of likely N-dealkylation sites (tertiary alicyclic amines) is 1. The van der Waals surface area contributed by atoms with Crippen LogP contribution in [0.4, 0.5) is 10.5 Å². The van der Waals surface area contributed by atoms with Crippen LogP contribution in [-0.4, -0.2) is 34.8 Å². The number of ether oxygens (including phenoxy) is 1. The van der Waals surface area contributed by atoms with E-state index < -0.39 is 0 Å². The van der Waals surface area contributed by atoms with Gasteiger partial charge in [0.15, 0.2) is 0 Å². The molecule has 0 bridgehead atoms. The van der Waals surface area contributed by atoms with E-state index in [4.69, 9.17) is 14.4 Å². The second-order valence-electron chi connectivity index (χ2n) is 6.65. The molecule has 0 saturated carbocycles. The molecule has 2 heterocycles. The second kappa shape index (κ2) is 8.02. The largest absolute Gasteiger partial charge is 0.497 e. The fourth-order valence-electron chi connectivity index (χ4n) is 3.37. The summed E-state index contributed by atoms with van der Waals surface area (Å²) in [7, 11) is 1.60. The summed E-state index contributed by atoms with van der Waals surface area (Å²) in [5.74, 6) is 1.48. The van der Waals surface area contributed by atoms with E-state index in [1.54, 1.807) is 36.3 Å². The normalized spacial score (nSPS) is 15.7. The lowest BCUT2D eigenvalue weighted by molar-refractivity contribution is 0.198. The van der Waals surface area contributed by atoms with Crippen LogP contribution in [0, 0.1) is 11.3 Å². The number of nitrogens with zero attached hydrogens (tertiary/aromatic N) is 4. The van der Waals surface area contributed by atoms with Crippen molar-refractivity contribution in [3.05, 3.63) is 60.0 Å². The van der Waals surface area contributed by atoms with Crippen LogP contribution < -0.4 is 10.1 Å². The number of benzene rings is 2. The van der Waals surface area contributed by atoms with Gasteiger partial charge in [0.1, 0.15) is 11.8 Å². The molecule has 1 aliphatic heterocycles. The molecule has 1 aliphatic rings. The van der Waals surface area contributed by atoms with E-state index in [2.05, 4.69) is 21.6 Å². The standard InChI is InChI=1S/C21H19N5O3/c1-28-17-8-3-6-15(12-17)19-24-25-20(29-19)18-9-4-10-26(18)21(27)23-16-7-2-5-14(11-16)13-22/h2-3,5-8,11-12,18H,4,9-10H2,1H3,(H,23,27). The first kappa shape index (κ1) is 18.5. The number of rotatable bonds is 4. The van der Waals surface area contributed by atoms with Gasteiger partial charge in [-0.2, -0.15) is 5.26 Å². The predicted molar refractivity (Wildman–Crippen MR) is 105 cm³/mol. The summed E-state index contributed by atoms with van der Waals surface area (Å²) in [5.41, 5.74) is 1.81. The fourth-order valence-corrected chi connectivity index (χ4v) is 3.37. The Labute approximate surface area is 167 Å². The third-order valence-corrected chi connectivity index (χ3v) is 4.80. The molecule has 8 nitrogen and oxygen atoms in total. The first-order chi connectivity index (χ1) is 14.2. The van der Waals surface area contributed by atoms with Crippen molar-refractivity contribution in [3.8, 4) is 23.3 Å². The van der Waals surface area contributed by atoms with Gasteiger partial charge in [0.25, 0.3) is 0 Å². The third kappa shape index (κ3) is 3.89. The molecular formula is C21H19N5O3. The Balaban J connectivity index is 1.52. The SMILES string of the molecule is COc1cccc(-c2nnc(C3CCCN3C(=O)Nc3cccc(C#N)c3)o2)c1. The molecule has 1 N–H and O–H groups in total. The van der Waals surface area contributed by atoms with E-state index >= 15 is 0 Å². The molecule has 29 heavy (non-hydrogen) atoms. The summed E-state index contributed by atoms with van der Waals surface area (Å²) in [5, 5.41) is 20.2. The molecular weight excluding hydrogens is 370 g/mol. The van der Waals surface area contributed by atoms with Crippen molar-refractivity contribution >= 4 is 11.7 Å². The van der Waals surface area contributed by atoms with Crippen molar-refractivity contribution in [3.63, 3.8) is 0 Å². The van der Waals surface area contributed by atoms with E-state index in [1.807, 2.05) is 24.3 Å². The molecule has 0 aliphatic carbocycles. The van der Waals surface area contributed by atoms with Gasteiger partial charge in [-0.05, 0) is 49.2 Å². The number of nitriles is 1. The van der Waals surface area contributed by atoms with E-state index in [-0.39, 0.29) is 12.1 Å². The molecule has 1 atom stereocenters. The van der Waals surface area contributed by atoms with Gasteiger partial charge in [-0.3, -0.25) is 0 Å². The molecule has 0 radical (unpaired) electrons. The minimum Gasteiger partial charge on any atom is -0.497 e. The Morgan fingerprint density at radius 2 is 2.14 bits per heavy atom. The average molecular weight is 389 g/mol. The lowest BCUT2D eigenvalue weighted by Gasteiger charge is -2.22. The highest BCUT2D eigenvalue weighted by atomic mass is 16.5. The number of hydrogen-bond acceptors (Lipinski definition) is 6. The summed E-state index contributed by atoms with van der Waals surface area (Å²) in [6.07, 6.45) is 1.58. The lowest BCUT2D eigenvalue weighted by Crippen LogP contribution is -2.34. The monoisotopic (exact) mass is 389 g/mol. The number of methoxy groups -OCH3 is 1. The van der Waals surface area contributed by atoms with Gasteiger partial charge < -0.3 is 19.4 Å². The number of aromatic nitrogens is 2. The summed E-state index contributed by atoms with van der Waals surface area (Å²) < 4.78 is 11.1. The molecule has 4 rings (SSSR count). The highest BCUT2D eigenvalue weighted by molar-refractivity contribution is 5.90. The van der Waals surface area contributed by atoms with Crippen LogP contribution in [0.5, 0.6) is 5.75 Å². The van der Waals surface area contributed by atoms with Crippen LogP contribution in [0.25, 0.3) is 11.5 Å². The van der Waals surface area contributed by atoms with Crippen molar-refractivity contribution in [1.82, 2.24) is 15.1 Å². The van der Waals surface area contributed by atoms with Gasteiger partial charge in [0.2, 0.25) is 11.8 Å². The minimum absolute atomic E-state index is 0.260. The maximum Gasteiger partial charge on any atom is 0.322 e. The average Bonchev–Trinajstić information content (AvgIpc) is 3.43. The second-order valence-corrected chi connectivity index (χ2v) is 6.65. The summed E-state index contributed by atoms with van der Waals surface area (Å²) >= 11 is 0. The molecule has 1 aromatic heterocycles. The number of amides is 2. The zero-order valence-electron chi connectivity index (χ0n) is 15.8. The van der Waals surface area contributed by atoms with Crippen LogP contribution in [0.3, 0.4) is 0 Å². The number of carbonyl (C=O) groups excluding carboxylic acids is 1. The van der Waals surface area contributed by atoms with Crippen LogP contribution in [0.2, 0.25) is 0 Å². The Kier molecular flexibility index (Phi) is 5.12. The minimum atomic E-state index is -0.291.